The van der Waals surface area contributed by atoms with Crippen LogP contribution in [-0.4, -0.2) is 4.98 Å². The summed E-state index contributed by atoms with van der Waals surface area (Å²) in [6.45, 7) is 4.35. The number of hydrogen-bond acceptors (Lipinski definition) is 3. The summed E-state index contributed by atoms with van der Waals surface area (Å²) in [5.41, 5.74) is 5.71. The molecule has 0 spiro atoms. The Morgan fingerprint density at radius 3 is 2.45 bits per heavy atom. The minimum Gasteiger partial charge on any atom is -0.485 e. The second kappa shape index (κ2) is 8.52. The van der Waals surface area contributed by atoms with E-state index in [1.807, 2.05) is 6.07 Å². The number of ether oxygens (including phenoxy) is 1. The van der Waals surface area contributed by atoms with E-state index in [1.54, 1.807) is 11.3 Å². The molecule has 0 radical (unpaired) electrons. The number of rotatable bonds is 6. The smallest absolute Gasteiger partial charge is 0.129 e. The summed E-state index contributed by atoms with van der Waals surface area (Å²) in [4.78, 5) is 5.13. The maximum Gasteiger partial charge on any atom is 0.129 e. The summed E-state index contributed by atoms with van der Waals surface area (Å²) in [6.07, 6.45) is 1.87. The Morgan fingerprint density at radius 1 is 0.839 bits per heavy atom. The minimum absolute atomic E-state index is 0.0253. The molecule has 0 saturated carbocycles. The quantitative estimate of drug-likeness (QED) is 0.274. The van der Waals surface area contributed by atoms with Crippen LogP contribution < -0.4 is 4.74 Å². The number of thiophene rings is 1. The fourth-order valence-electron chi connectivity index (χ4n) is 4.17. The van der Waals surface area contributed by atoms with Crippen molar-refractivity contribution in [1.29, 1.82) is 0 Å². The fraction of sp³-hybridized carbons (Fsp3) is 0.179. The van der Waals surface area contributed by atoms with Gasteiger partial charge in [-0.25, -0.2) is 4.98 Å². The summed E-state index contributed by atoms with van der Waals surface area (Å²) in [5.74, 6) is 0.900. The van der Waals surface area contributed by atoms with E-state index in [1.165, 1.54) is 26.8 Å². The highest BCUT2D eigenvalue weighted by Crippen LogP contribution is 2.37. The van der Waals surface area contributed by atoms with Crippen LogP contribution in [-0.2, 0) is 6.42 Å². The zero-order chi connectivity index (χ0) is 21.2. The third kappa shape index (κ3) is 3.70. The van der Waals surface area contributed by atoms with Gasteiger partial charge in [0, 0.05) is 26.4 Å². The molecule has 0 amide bonds. The van der Waals surface area contributed by atoms with Crippen LogP contribution in [0.25, 0.3) is 32.2 Å². The molecule has 0 bridgehead atoms. The van der Waals surface area contributed by atoms with Crippen molar-refractivity contribution in [2.45, 2.75) is 32.8 Å². The van der Waals surface area contributed by atoms with Gasteiger partial charge in [-0.15, -0.1) is 11.3 Å². The predicted octanol–water partition coefficient (Wildman–Crippen LogP) is 8.21. The van der Waals surface area contributed by atoms with Gasteiger partial charge >= 0.3 is 0 Å². The van der Waals surface area contributed by atoms with E-state index in [4.69, 9.17) is 9.72 Å². The van der Waals surface area contributed by atoms with E-state index in [9.17, 15) is 0 Å². The maximum absolute atomic E-state index is 6.53. The lowest BCUT2D eigenvalue weighted by Crippen LogP contribution is -2.07. The van der Waals surface area contributed by atoms with E-state index in [0.717, 1.165) is 35.2 Å². The minimum atomic E-state index is 0.0253. The lowest BCUT2D eigenvalue weighted by molar-refractivity contribution is 0.204. The standard InChI is InChI=1S/C28H25NOS/c1-3-19-14-17-26(30-25(4-2)20-10-6-5-7-11-20)22-15-16-24(29-28(19)22)23-18-31-27-13-9-8-12-21(23)27/h5-18,25H,3-4H2,1-2H3/t25-/m0/s1. The van der Waals surface area contributed by atoms with Crippen LogP contribution in [0.15, 0.2) is 84.2 Å². The summed E-state index contributed by atoms with van der Waals surface area (Å²) in [5, 5.41) is 4.56. The van der Waals surface area contributed by atoms with Crippen LogP contribution in [0.2, 0.25) is 0 Å². The molecule has 5 aromatic rings. The lowest BCUT2D eigenvalue weighted by Gasteiger charge is -2.20. The number of fused-ring (bicyclic) bond motifs is 2. The van der Waals surface area contributed by atoms with Crippen LogP contribution in [0.4, 0.5) is 0 Å². The molecule has 0 fully saturated rings. The molecule has 0 saturated heterocycles. The second-order valence-electron chi connectivity index (χ2n) is 7.74. The summed E-state index contributed by atoms with van der Waals surface area (Å²) < 4.78 is 7.82. The van der Waals surface area contributed by atoms with Crippen LogP contribution >= 0.6 is 11.3 Å². The van der Waals surface area contributed by atoms with E-state index >= 15 is 0 Å². The zero-order valence-electron chi connectivity index (χ0n) is 17.8. The second-order valence-corrected chi connectivity index (χ2v) is 8.65. The van der Waals surface area contributed by atoms with Gasteiger partial charge in [0.2, 0.25) is 0 Å². The molecular weight excluding hydrogens is 398 g/mol. The number of nitrogens with zero attached hydrogens (tertiary/aromatic N) is 1. The summed E-state index contributed by atoms with van der Waals surface area (Å²) in [7, 11) is 0. The first-order chi connectivity index (χ1) is 15.3. The molecule has 5 rings (SSSR count). The normalized spacial score (nSPS) is 12.3. The summed E-state index contributed by atoms with van der Waals surface area (Å²) in [6, 6.07) is 27.6. The van der Waals surface area contributed by atoms with Crippen molar-refractivity contribution >= 4 is 32.3 Å². The van der Waals surface area contributed by atoms with Crippen molar-refractivity contribution in [2.75, 3.05) is 0 Å². The molecule has 31 heavy (non-hydrogen) atoms. The number of aromatic nitrogens is 1. The molecule has 2 heterocycles. The first-order valence-electron chi connectivity index (χ1n) is 10.9. The molecule has 3 heteroatoms. The summed E-state index contributed by atoms with van der Waals surface area (Å²) >= 11 is 1.77. The van der Waals surface area contributed by atoms with Crippen LogP contribution in [0.3, 0.4) is 0 Å². The van der Waals surface area contributed by atoms with Crippen molar-refractivity contribution < 1.29 is 4.74 Å². The molecule has 0 N–H and O–H groups in total. The van der Waals surface area contributed by atoms with Gasteiger partial charge in [0.15, 0.2) is 0 Å². The Labute approximate surface area is 187 Å². The van der Waals surface area contributed by atoms with Crippen molar-refractivity contribution in [3.05, 3.63) is 95.4 Å². The highest BCUT2D eigenvalue weighted by Gasteiger charge is 2.16. The fourth-order valence-corrected chi connectivity index (χ4v) is 5.12. The monoisotopic (exact) mass is 423 g/mol. The van der Waals surface area contributed by atoms with E-state index in [-0.39, 0.29) is 6.10 Å². The molecular formula is C28H25NOS. The van der Waals surface area contributed by atoms with Gasteiger partial charge in [-0.2, -0.15) is 0 Å². The Balaban J connectivity index is 1.60. The molecule has 2 aromatic heterocycles. The Kier molecular flexibility index (Phi) is 5.44. The number of benzene rings is 3. The first kappa shape index (κ1) is 19.8. The van der Waals surface area contributed by atoms with E-state index in [0.29, 0.717) is 0 Å². The molecule has 0 unspecified atom stereocenters. The van der Waals surface area contributed by atoms with Crippen LogP contribution in [0, 0.1) is 0 Å². The van der Waals surface area contributed by atoms with Crippen LogP contribution in [0.1, 0.15) is 37.5 Å². The molecule has 1 atom stereocenters. The largest absolute Gasteiger partial charge is 0.485 e. The van der Waals surface area contributed by atoms with Crippen LogP contribution in [0.5, 0.6) is 5.75 Å². The average molecular weight is 424 g/mol. The maximum atomic E-state index is 6.53. The Bertz CT molecular complexity index is 1340. The van der Waals surface area contributed by atoms with Gasteiger partial charge in [0.05, 0.1) is 11.2 Å². The number of hydrogen-bond donors (Lipinski definition) is 0. The van der Waals surface area contributed by atoms with E-state index in [2.05, 4.69) is 92.0 Å². The van der Waals surface area contributed by atoms with Crippen molar-refractivity contribution in [1.82, 2.24) is 4.98 Å². The average Bonchev–Trinajstić information content (AvgIpc) is 3.27. The Hall–Kier alpha value is -3.17. The van der Waals surface area contributed by atoms with Gasteiger partial charge < -0.3 is 4.74 Å². The van der Waals surface area contributed by atoms with E-state index < -0.39 is 0 Å². The van der Waals surface area contributed by atoms with Gasteiger partial charge in [-0.05, 0) is 48.2 Å². The number of aryl methyl sites for hydroxylation is 1. The van der Waals surface area contributed by atoms with Crippen molar-refractivity contribution in [3.63, 3.8) is 0 Å². The molecule has 0 aliphatic carbocycles. The third-order valence-electron chi connectivity index (χ3n) is 5.85. The van der Waals surface area contributed by atoms with Crippen molar-refractivity contribution in [3.8, 4) is 17.0 Å². The van der Waals surface area contributed by atoms with Gasteiger partial charge in [0.1, 0.15) is 11.9 Å². The van der Waals surface area contributed by atoms with Crippen molar-refractivity contribution in [2.24, 2.45) is 0 Å². The Morgan fingerprint density at radius 2 is 1.65 bits per heavy atom. The first-order valence-corrected chi connectivity index (χ1v) is 11.8. The molecule has 154 valence electrons. The third-order valence-corrected chi connectivity index (χ3v) is 6.81. The highest BCUT2D eigenvalue weighted by molar-refractivity contribution is 7.17. The van der Waals surface area contributed by atoms with Gasteiger partial charge in [0.25, 0.3) is 0 Å². The molecule has 0 aliphatic rings. The topological polar surface area (TPSA) is 22.1 Å². The van der Waals surface area contributed by atoms with Gasteiger partial charge in [-0.3, -0.25) is 0 Å². The highest BCUT2D eigenvalue weighted by atomic mass is 32.1. The SMILES string of the molecule is CCc1ccc(O[C@@H](CC)c2ccccc2)c2ccc(-c3csc4ccccc34)nc12. The van der Waals surface area contributed by atoms with Gasteiger partial charge in [-0.1, -0.05) is 68.4 Å². The molecule has 0 aliphatic heterocycles. The predicted molar refractivity (Wildman–Crippen MR) is 132 cm³/mol. The zero-order valence-corrected chi connectivity index (χ0v) is 18.7. The molecule has 3 aromatic carbocycles. The molecule has 2 nitrogen and oxygen atoms in total. The lowest BCUT2D eigenvalue weighted by atomic mass is 10.0. The number of pyridine rings is 1.